The van der Waals surface area contributed by atoms with Gasteiger partial charge in [0.1, 0.15) is 0 Å². The Morgan fingerprint density at radius 3 is 2.38 bits per heavy atom. The Kier molecular flexibility index (Phi) is 7.14. The molecular formula is C21H26F5N5S. The molecule has 2 aromatic rings. The van der Waals surface area contributed by atoms with Crippen LogP contribution in [0.15, 0.2) is 18.2 Å². The van der Waals surface area contributed by atoms with E-state index in [1.165, 1.54) is 17.6 Å². The van der Waals surface area contributed by atoms with Gasteiger partial charge in [-0.3, -0.25) is 4.90 Å². The van der Waals surface area contributed by atoms with E-state index < -0.39 is 23.7 Å². The van der Waals surface area contributed by atoms with Crippen LogP contribution >= 0.6 is 11.5 Å². The fourth-order valence-electron chi connectivity index (χ4n) is 4.30. The monoisotopic (exact) mass is 475 g/mol. The summed E-state index contributed by atoms with van der Waals surface area (Å²) in [5.74, 6) is -2.36. The number of benzene rings is 1. The molecule has 2 fully saturated rings. The van der Waals surface area contributed by atoms with Crippen molar-refractivity contribution < 1.29 is 22.0 Å². The predicted octanol–water partition coefficient (Wildman–Crippen LogP) is 4.71. The second-order valence-corrected chi connectivity index (χ2v) is 9.19. The van der Waals surface area contributed by atoms with Gasteiger partial charge in [0.2, 0.25) is 11.1 Å². The van der Waals surface area contributed by atoms with Crippen LogP contribution in [-0.4, -0.2) is 59.2 Å². The average molecular weight is 476 g/mol. The predicted molar refractivity (Wildman–Crippen MR) is 114 cm³/mol. The fraction of sp³-hybridized carbons (Fsp3) is 0.619. The number of alkyl halides is 3. The number of piperazine rings is 1. The highest BCUT2D eigenvalue weighted by atomic mass is 32.1. The van der Waals surface area contributed by atoms with Crippen LogP contribution < -0.4 is 10.2 Å². The van der Waals surface area contributed by atoms with Gasteiger partial charge in [0.05, 0.1) is 5.92 Å². The van der Waals surface area contributed by atoms with Crippen molar-refractivity contribution >= 4 is 22.6 Å². The summed E-state index contributed by atoms with van der Waals surface area (Å²) in [5.41, 5.74) is 0.774. The molecule has 1 aromatic heterocycles. The molecule has 176 valence electrons. The second kappa shape index (κ2) is 9.86. The van der Waals surface area contributed by atoms with Crippen LogP contribution in [-0.2, 0) is 6.42 Å². The van der Waals surface area contributed by atoms with E-state index >= 15 is 0 Å². The molecule has 0 amide bonds. The Hall–Kier alpha value is -2.01. The Morgan fingerprint density at radius 1 is 1.00 bits per heavy atom. The summed E-state index contributed by atoms with van der Waals surface area (Å²) in [4.78, 5) is 8.96. The fourth-order valence-corrected chi connectivity index (χ4v) is 4.98. The van der Waals surface area contributed by atoms with Crippen molar-refractivity contribution in [2.75, 3.05) is 42.9 Å². The highest BCUT2D eigenvalue weighted by Gasteiger charge is 2.41. The van der Waals surface area contributed by atoms with Crippen LogP contribution in [0.3, 0.4) is 0 Å². The maximum atomic E-state index is 13.3. The zero-order chi connectivity index (χ0) is 22.7. The molecule has 1 N–H and O–H groups in total. The van der Waals surface area contributed by atoms with E-state index in [1.54, 1.807) is 6.07 Å². The van der Waals surface area contributed by atoms with Crippen LogP contribution in [0.1, 0.15) is 31.2 Å². The molecule has 1 aromatic carbocycles. The summed E-state index contributed by atoms with van der Waals surface area (Å²) in [5, 5.41) is 4.00. The van der Waals surface area contributed by atoms with Gasteiger partial charge in [0.25, 0.3) is 0 Å². The summed E-state index contributed by atoms with van der Waals surface area (Å²) < 4.78 is 69.2. The van der Waals surface area contributed by atoms with Gasteiger partial charge < -0.3 is 10.2 Å². The third-order valence-corrected chi connectivity index (χ3v) is 7.06. The number of anilines is 2. The second-order valence-electron chi connectivity index (χ2n) is 8.46. The zero-order valence-electron chi connectivity index (χ0n) is 17.5. The summed E-state index contributed by atoms with van der Waals surface area (Å²) in [6.45, 7) is 3.98. The van der Waals surface area contributed by atoms with E-state index in [0.29, 0.717) is 25.2 Å². The van der Waals surface area contributed by atoms with Crippen LogP contribution in [0.4, 0.5) is 33.0 Å². The molecule has 0 atom stereocenters. The molecule has 2 heterocycles. The van der Waals surface area contributed by atoms with Crippen molar-refractivity contribution in [3.8, 4) is 0 Å². The normalized spacial score (nSPS) is 22.8. The van der Waals surface area contributed by atoms with Crippen LogP contribution in [0.5, 0.6) is 0 Å². The molecule has 5 nitrogen and oxygen atoms in total. The smallest absolute Gasteiger partial charge is 0.351 e. The molecule has 0 spiro atoms. The van der Waals surface area contributed by atoms with Crippen molar-refractivity contribution in [1.29, 1.82) is 0 Å². The molecule has 0 unspecified atom stereocenters. The molecule has 0 radical (unpaired) electrons. The first-order valence-corrected chi connectivity index (χ1v) is 11.6. The van der Waals surface area contributed by atoms with E-state index in [4.69, 9.17) is 0 Å². The molecule has 4 rings (SSSR count). The van der Waals surface area contributed by atoms with Gasteiger partial charge in [0, 0.05) is 50.3 Å². The number of hydrogen-bond acceptors (Lipinski definition) is 6. The zero-order valence-corrected chi connectivity index (χ0v) is 18.4. The van der Waals surface area contributed by atoms with Crippen molar-refractivity contribution in [3.05, 3.63) is 35.4 Å². The Labute approximate surface area is 187 Å². The highest BCUT2D eigenvalue weighted by Crippen LogP contribution is 2.38. The highest BCUT2D eigenvalue weighted by molar-refractivity contribution is 7.09. The largest absolute Gasteiger partial charge is 0.391 e. The number of hydrogen-bond donors (Lipinski definition) is 1. The summed E-state index contributed by atoms with van der Waals surface area (Å²) in [6, 6.07) is 3.99. The van der Waals surface area contributed by atoms with Gasteiger partial charge in [-0.1, -0.05) is 6.07 Å². The molecule has 32 heavy (non-hydrogen) atoms. The van der Waals surface area contributed by atoms with E-state index in [9.17, 15) is 22.0 Å². The Morgan fingerprint density at radius 2 is 1.72 bits per heavy atom. The third kappa shape index (κ3) is 5.86. The average Bonchev–Trinajstić information content (AvgIpc) is 3.23. The maximum Gasteiger partial charge on any atom is 0.391 e. The maximum absolute atomic E-state index is 13.3. The summed E-state index contributed by atoms with van der Waals surface area (Å²) >= 11 is 1.29. The van der Waals surface area contributed by atoms with Gasteiger partial charge in [-0.15, -0.1) is 0 Å². The summed E-state index contributed by atoms with van der Waals surface area (Å²) in [7, 11) is 0. The first kappa shape index (κ1) is 23.2. The van der Waals surface area contributed by atoms with Crippen molar-refractivity contribution in [1.82, 2.24) is 14.3 Å². The lowest BCUT2D eigenvalue weighted by molar-refractivity contribution is -0.182. The molecule has 2 aliphatic rings. The van der Waals surface area contributed by atoms with Gasteiger partial charge in [-0.2, -0.15) is 22.5 Å². The lowest BCUT2D eigenvalue weighted by Gasteiger charge is -2.34. The lowest BCUT2D eigenvalue weighted by Crippen LogP contribution is -2.47. The molecule has 11 heteroatoms. The van der Waals surface area contributed by atoms with Crippen LogP contribution in [0, 0.1) is 17.6 Å². The van der Waals surface area contributed by atoms with Gasteiger partial charge in [-0.05, 0) is 49.8 Å². The first-order chi connectivity index (χ1) is 15.3. The van der Waals surface area contributed by atoms with E-state index in [-0.39, 0.29) is 18.9 Å². The van der Waals surface area contributed by atoms with Crippen LogP contribution in [0.2, 0.25) is 0 Å². The number of rotatable bonds is 6. The molecule has 0 bridgehead atoms. The van der Waals surface area contributed by atoms with Gasteiger partial charge >= 0.3 is 6.18 Å². The van der Waals surface area contributed by atoms with Crippen molar-refractivity contribution in [3.63, 3.8) is 0 Å². The number of nitrogens with one attached hydrogen (secondary N) is 1. The SMILES string of the molecule is Fc1ccc(CCN2CCN(c3nc(NC4CCC(C(F)(F)F)CC4)ns3)CC2)cc1F. The molecule has 1 aliphatic heterocycles. The van der Waals surface area contributed by atoms with E-state index in [0.717, 1.165) is 49.5 Å². The van der Waals surface area contributed by atoms with Crippen molar-refractivity contribution in [2.24, 2.45) is 5.92 Å². The third-order valence-electron chi connectivity index (χ3n) is 6.28. The first-order valence-electron chi connectivity index (χ1n) is 10.9. The van der Waals surface area contributed by atoms with Crippen molar-refractivity contribution in [2.45, 2.75) is 44.3 Å². The van der Waals surface area contributed by atoms with E-state index in [1.807, 2.05) is 0 Å². The number of halogens is 5. The molecule has 1 saturated heterocycles. The number of nitrogens with zero attached hydrogens (tertiary/aromatic N) is 4. The van der Waals surface area contributed by atoms with Gasteiger partial charge in [0.15, 0.2) is 11.6 Å². The molecule has 1 saturated carbocycles. The Bertz CT molecular complexity index is 889. The standard InChI is InChI=1S/C21H26F5N5S/c22-17-6-1-14(13-18(17)23)7-8-30-9-11-31(12-10-30)20-28-19(29-32-20)27-16-4-2-15(3-5-16)21(24,25)26/h1,6,13,15-16H,2-5,7-12H2,(H,27,29). The minimum Gasteiger partial charge on any atom is -0.351 e. The quantitative estimate of drug-likeness (QED) is 0.613. The van der Waals surface area contributed by atoms with Gasteiger partial charge in [-0.25, -0.2) is 8.78 Å². The minimum atomic E-state index is -4.10. The topological polar surface area (TPSA) is 44.3 Å². The van der Waals surface area contributed by atoms with E-state index in [2.05, 4.69) is 24.5 Å². The lowest BCUT2D eigenvalue weighted by atomic mass is 9.86. The molecule has 1 aliphatic carbocycles. The number of aromatic nitrogens is 2. The van der Waals surface area contributed by atoms with Crippen LogP contribution in [0.25, 0.3) is 0 Å². The molecular weight excluding hydrogens is 449 g/mol. The minimum absolute atomic E-state index is 0.0239. The summed E-state index contributed by atoms with van der Waals surface area (Å²) in [6.07, 6.45) is -2.23. The Balaban J connectivity index is 1.21.